The topological polar surface area (TPSA) is 38.9 Å². The van der Waals surface area contributed by atoms with Crippen LogP contribution >= 0.6 is 23.1 Å². The lowest BCUT2D eigenvalue weighted by Gasteiger charge is -2.00. The first-order valence-corrected chi connectivity index (χ1v) is 6.77. The molecule has 1 aromatic heterocycles. The van der Waals surface area contributed by atoms with Crippen LogP contribution in [0.15, 0.2) is 24.3 Å². The van der Waals surface area contributed by atoms with Crippen LogP contribution in [0.3, 0.4) is 0 Å². The van der Waals surface area contributed by atoms with E-state index in [0.717, 1.165) is 5.56 Å². The van der Waals surface area contributed by atoms with Gasteiger partial charge in [-0.25, -0.2) is 0 Å². The number of anilines is 1. The molecule has 0 unspecified atom stereocenters. The third-order valence-corrected chi connectivity index (χ3v) is 3.00. The van der Waals surface area contributed by atoms with Gasteiger partial charge in [0.05, 0.1) is 10.6 Å². The predicted molar refractivity (Wildman–Crippen MR) is 80.9 cm³/mol. The van der Waals surface area contributed by atoms with Crippen LogP contribution in [0.5, 0.6) is 0 Å². The summed E-state index contributed by atoms with van der Waals surface area (Å²) in [6.45, 7) is 4.25. The van der Waals surface area contributed by atoms with Gasteiger partial charge in [-0.2, -0.15) is 4.37 Å². The Labute approximate surface area is 117 Å². The third kappa shape index (κ3) is 3.25. The molecule has 0 saturated carbocycles. The van der Waals surface area contributed by atoms with Crippen molar-refractivity contribution in [2.45, 2.75) is 20.3 Å². The van der Waals surface area contributed by atoms with Crippen molar-refractivity contribution < 1.29 is 0 Å². The van der Waals surface area contributed by atoms with Crippen LogP contribution in [0.4, 0.5) is 5.00 Å². The predicted octanol–water partition coefficient (Wildman–Crippen LogP) is 4.44. The van der Waals surface area contributed by atoms with Crippen LogP contribution in [0, 0.1) is 12.3 Å². The molecule has 18 heavy (non-hydrogen) atoms. The number of nitrogens with two attached hydrogens (primary N) is 1. The lowest BCUT2D eigenvalue weighted by molar-refractivity contribution is 1.09. The molecule has 1 heterocycles. The van der Waals surface area contributed by atoms with E-state index < -0.39 is 0 Å². The first-order chi connectivity index (χ1) is 8.65. The number of aromatic nitrogens is 1. The van der Waals surface area contributed by atoms with Crippen molar-refractivity contribution in [2.75, 3.05) is 5.73 Å². The maximum Gasteiger partial charge on any atom is 0.123 e. The molecule has 0 aliphatic rings. The van der Waals surface area contributed by atoms with Gasteiger partial charge >= 0.3 is 0 Å². The monoisotopic (exact) mass is 278 g/mol. The van der Waals surface area contributed by atoms with Crippen LogP contribution in [0.2, 0.25) is 5.02 Å². The zero-order chi connectivity index (χ0) is 13.5. The number of halogens is 1. The minimum Gasteiger partial charge on any atom is -0.388 e. The maximum absolute atomic E-state index is 6.05. The van der Waals surface area contributed by atoms with Crippen molar-refractivity contribution >= 4 is 28.1 Å². The van der Waals surface area contributed by atoms with E-state index in [9.17, 15) is 0 Å². The Morgan fingerprint density at radius 2 is 2.00 bits per heavy atom. The van der Waals surface area contributed by atoms with Crippen LogP contribution in [-0.4, -0.2) is 4.37 Å². The van der Waals surface area contributed by atoms with Gasteiger partial charge in [-0.15, -0.1) is 6.42 Å². The van der Waals surface area contributed by atoms with Crippen molar-refractivity contribution in [3.8, 4) is 23.6 Å². The van der Waals surface area contributed by atoms with E-state index in [4.69, 9.17) is 23.8 Å². The molecule has 0 aliphatic heterocycles. The van der Waals surface area contributed by atoms with E-state index >= 15 is 0 Å². The summed E-state index contributed by atoms with van der Waals surface area (Å²) >= 11 is 7.24. The maximum atomic E-state index is 6.05. The molecular weight excluding hydrogens is 264 g/mol. The van der Waals surface area contributed by atoms with Crippen LogP contribution < -0.4 is 5.73 Å². The fraction of sp³-hybridized carbons (Fsp3) is 0.214. The third-order valence-electron chi connectivity index (χ3n) is 1.99. The summed E-state index contributed by atoms with van der Waals surface area (Å²) in [7, 11) is 0. The zero-order valence-corrected chi connectivity index (χ0v) is 12.0. The molecule has 0 saturated heterocycles. The molecule has 1 aromatic carbocycles. The van der Waals surface area contributed by atoms with Crippen molar-refractivity contribution in [3.63, 3.8) is 0 Å². The molecule has 0 atom stereocenters. The van der Waals surface area contributed by atoms with E-state index in [1.165, 1.54) is 18.0 Å². The Morgan fingerprint density at radius 3 is 2.56 bits per heavy atom. The number of hydrogen-bond donors (Lipinski definition) is 1. The van der Waals surface area contributed by atoms with Gasteiger partial charge in [0.2, 0.25) is 0 Å². The number of hydrogen-bond acceptors (Lipinski definition) is 3. The van der Waals surface area contributed by atoms with E-state index in [2.05, 4.69) is 24.1 Å². The molecule has 2 rings (SSSR count). The Kier molecular flexibility index (Phi) is 5.70. The Bertz CT molecular complexity index is 555. The number of terminal acetylenes is 1. The second kappa shape index (κ2) is 7.05. The molecule has 0 spiro atoms. The molecule has 2 N–H and O–H groups in total. The molecule has 2 aromatic rings. The number of benzene rings is 1. The minimum atomic E-state index is 0.549. The summed E-state index contributed by atoms with van der Waals surface area (Å²) in [5.41, 5.74) is 7.83. The highest BCUT2D eigenvalue weighted by atomic mass is 35.5. The standard InChI is InChI=1S/C11H7ClN2S.C3H8/c1-2-7-10(14-15-11(7)13)8-5-3-4-6-9(8)12;1-3-2/h1,3-6H,13H2;3H2,1-2H3. The van der Waals surface area contributed by atoms with Gasteiger partial charge in [0.25, 0.3) is 0 Å². The van der Waals surface area contributed by atoms with Crippen molar-refractivity contribution in [1.82, 2.24) is 4.37 Å². The van der Waals surface area contributed by atoms with Gasteiger partial charge in [-0.1, -0.05) is 56.0 Å². The molecule has 94 valence electrons. The molecule has 0 radical (unpaired) electrons. The summed E-state index contributed by atoms with van der Waals surface area (Å²) in [4.78, 5) is 0. The first-order valence-electron chi connectivity index (χ1n) is 5.62. The van der Waals surface area contributed by atoms with Gasteiger partial charge in [0.1, 0.15) is 10.7 Å². The molecule has 0 amide bonds. The first kappa shape index (κ1) is 14.6. The van der Waals surface area contributed by atoms with Crippen molar-refractivity contribution in [2.24, 2.45) is 0 Å². The highest BCUT2D eigenvalue weighted by molar-refractivity contribution is 7.10. The second-order valence-electron chi connectivity index (χ2n) is 3.60. The summed E-state index contributed by atoms with van der Waals surface area (Å²) in [5, 5.41) is 1.17. The smallest absolute Gasteiger partial charge is 0.123 e. The van der Waals surface area contributed by atoms with Gasteiger partial charge in [0.15, 0.2) is 0 Å². The lowest BCUT2D eigenvalue weighted by atomic mass is 10.1. The van der Waals surface area contributed by atoms with Gasteiger partial charge in [0, 0.05) is 5.56 Å². The summed E-state index contributed by atoms with van der Waals surface area (Å²) in [6.07, 6.45) is 6.63. The summed E-state index contributed by atoms with van der Waals surface area (Å²) in [5.74, 6) is 2.53. The van der Waals surface area contributed by atoms with Crippen LogP contribution in [-0.2, 0) is 0 Å². The van der Waals surface area contributed by atoms with Crippen LogP contribution in [0.25, 0.3) is 11.3 Å². The molecular formula is C14H15ClN2S. The lowest BCUT2D eigenvalue weighted by Crippen LogP contribution is -1.86. The Morgan fingerprint density at radius 1 is 1.39 bits per heavy atom. The fourth-order valence-corrected chi connectivity index (χ4v) is 2.13. The van der Waals surface area contributed by atoms with E-state index in [1.807, 2.05) is 18.2 Å². The molecule has 2 nitrogen and oxygen atoms in total. The van der Waals surface area contributed by atoms with E-state index in [0.29, 0.717) is 21.3 Å². The van der Waals surface area contributed by atoms with Crippen LogP contribution in [0.1, 0.15) is 25.8 Å². The number of nitrogen functional groups attached to an aromatic ring is 1. The zero-order valence-electron chi connectivity index (χ0n) is 10.4. The van der Waals surface area contributed by atoms with E-state index in [1.54, 1.807) is 6.07 Å². The normalized spacial score (nSPS) is 9.22. The number of rotatable bonds is 1. The SMILES string of the molecule is C#Cc1c(-c2ccccc2Cl)nsc1N.CCC. The van der Waals surface area contributed by atoms with E-state index in [-0.39, 0.29) is 0 Å². The molecule has 0 bridgehead atoms. The van der Waals surface area contributed by atoms with Crippen molar-refractivity contribution in [1.29, 1.82) is 0 Å². The van der Waals surface area contributed by atoms with Gasteiger partial charge in [-0.05, 0) is 17.6 Å². The highest BCUT2D eigenvalue weighted by Crippen LogP contribution is 2.33. The molecule has 0 fully saturated rings. The average Bonchev–Trinajstić information content (AvgIpc) is 2.72. The van der Waals surface area contributed by atoms with Gasteiger partial charge in [-0.3, -0.25) is 0 Å². The Hall–Kier alpha value is -1.50. The molecule has 4 heteroatoms. The largest absolute Gasteiger partial charge is 0.388 e. The van der Waals surface area contributed by atoms with Crippen molar-refractivity contribution in [3.05, 3.63) is 34.9 Å². The second-order valence-corrected chi connectivity index (χ2v) is 4.81. The minimum absolute atomic E-state index is 0.549. The summed E-state index contributed by atoms with van der Waals surface area (Å²) < 4.78 is 4.21. The van der Waals surface area contributed by atoms with Gasteiger partial charge < -0.3 is 5.73 Å². The quantitative estimate of drug-likeness (QED) is 0.783. The fourth-order valence-electron chi connectivity index (χ4n) is 1.28. The molecule has 0 aliphatic carbocycles. The highest BCUT2D eigenvalue weighted by Gasteiger charge is 2.13. The number of nitrogens with zero attached hydrogens (tertiary/aromatic N) is 1. The Balaban J connectivity index is 0.000000492. The average molecular weight is 279 g/mol. The summed E-state index contributed by atoms with van der Waals surface area (Å²) in [6, 6.07) is 7.42.